The minimum Gasteiger partial charge on any atom is -0.478 e. The zero-order chi connectivity index (χ0) is 9.14. The number of aromatic carboxylic acids is 1. The Labute approximate surface area is 70.3 Å². The molecule has 0 bridgehead atoms. The van der Waals surface area contributed by atoms with Gasteiger partial charge in [0.2, 0.25) is 0 Å². The molecule has 0 aliphatic heterocycles. The number of aliphatic hydroxyl groups excluding tert-OH is 1. The van der Waals surface area contributed by atoms with Gasteiger partial charge in [0.25, 0.3) is 0 Å². The average Bonchev–Trinajstić information content (AvgIpc) is 2.03. The Morgan fingerprint density at radius 1 is 1.50 bits per heavy atom. The highest BCUT2D eigenvalue weighted by molar-refractivity contribution is 5.89. The van der Waals surface area contributed by atoms with Crippen molar-refractivity contribution in [2.75, 3.05) is 0 Å². The van der Waals surface area contributed by atoms with Gasteiger partial charge in [0.05, 0.1) is 12.2 Å². The van der Waals surface area contributed by atoms with Gasteiger partial charge in [0.1, 0.15) is 0 Å². The molecule has 3 heteroatoms. The van der Waals surface area contributed by atoms with E-state index >= 15 is 0 Å². The van der Waals surface area contributed by atoms with Crippen LogP contribution in [0.5, 0.6) is 0 Å². The molecule has 0 aromatic heterocycles. The van der Waals surface area contributed by atoms with E-state index in [9.17, 15) is 4.79 Å². The van der Waals surface area contributed by atoms with Crippen molar-refractivity contribution in [3.05, 3.63) is 34.9 Å². The Hall–Kier alpha value is -1.35. The quantitative estimate of drug-likeness (QED) is 0.693. The second-order valence-corrected chi connectivity index (χ2v) is 2.61. The summed E-state index contributed by atoms with van der Waals surface area (Å²) < 4.78 is 0. The predicted molar refractivity (Wildman–Crippen MR) is 44.1 cm³/mol. The molecule has 0 saturated heterocycles. The topological polar surface area (TPSA) is 57.5 Å². The minimum absolute atomic E-state index is 0.0548. The highest BCUT2D eigenvalue weighted by Gasteiger charge is 2.05. The van der Waals surface area contributed by atoms with E-state index in [2.05, 4.69) is 0 Å². The maximum Gasteiger partial charge on any atom is 0.335 e. The summed E-state index contributed by atoms with van der Waals surface area (Å²) in [7, 11) is 0. The molecule has 1 aromatic rings. The van der Waals surface area contributed by atoms with E-state index in [1.807, 2.05) is 0 Å². The number of carboxylic acid groups (broad SMARTS) is 1. The van der Waals surface area contributed by atoms with Crippen molar-refractivity contribution in [1.29, 1.82) is 0 Å². The summed E-state index contributed by atoms with van der Waals surface area (Å²) in [6, 6.07) is 4.78. The molecular weight excluding hydrogens is 156 g/mol. The molecule has 0 aliphatic rings. The third kappa shape index (κ3) is 1.62. The van der Waals surface area contributed by atoms with Crippen LogP contribution in [0.2, 0.25) is 0 Å². The lowest BCUT2D eigenvalue weighted by molar-refractivity contribution is 0.0696. The highest BCUT2D eigenvalue weighted by Crippen LogP contribution is 2.10. The van der Waals surface area contributed by atoms with Crippen molar-refractivity contribution in [1.82, 2.24) is 0 Å². The first-order valence-corrected chi connectivity index (χ1v) is 3.59. The molecule has 1 aromatic carbocycles. The standard InChI is InChI=1S/C9H10O3/c1-6-4-7(5-10)2-3-8(6)9(11)12/h2-4,10H,5H2,1H3,(H,11,12). The highest BCUT2D eigenvalue weighted by atomic mass is 16.4. The van der Waals surface area contributed by atoms with E-state index in [-0.39, 0.29) is 12.2 Å². The largest absolute Gasteiger partial charge is 0.478 e. The van der Waals surface area contributed by atoms with E-state index < -0.39 is 5.97 Å². The molecule has 0 atom stereocenters. The number of rotatable bonds is 2. The first kappa shape index (κ1) is 8.74. The zero-order valence-electron chi connectivity index (χ0n) is 6.74. The van der Waals surface area contributed by atoms with Gasteiger partial charge in [-0.05, 0) is 24.1 Å². The van der Waals surface area contributed by atoms with Crippen LogP contribution in [-0.4, -0.2) is 16.2 Å². The van der Waals surface area contributed by atoms with Crippen LogP contribution in [0.1, 0.15) is 21.5 Å². The van der Waals surface area contributed by atoms with E-state index in [1.165, 1.54) is 6.07 Å². The molecule has 0 unspecified atom stereocenters. The number of hydrogen-bond donors (Lipinski definition) is 2. The molecule has 3 nitrogen and oxygen atoms in total. The van der Waals surface area contributed by atoms with Gasteiger partial charge in [0, 0.05) is 0 Å². The van der Waals surface area contributed by atoms with Gasteiger partial charge < -0.3 is 10.2 Å². The molecule has 0 amide bonds. The average molecular weight is 166 g/mol. The van der Waals surface area contributed by atoms with Crippen molar-refractivity contribution in [3.8, 4) is 0 Å². The molecule has 0 saturated carbocycles. The number of aliphatic hydroxyl groups is 1. The summed E-state index contributed by atoms with van der Waals surface area (Å²) >= 11 is 0. The SMILES string of the molecule is Cc1cc(CO)ccc1C(=O)O. The third-order valence-electron chi connectivity index (χ3n) is 1.70. The predicted octanol–water partition coefficient (Wildman–Crippen LogP) is 1.19. The van der Waals surface area contributed by atoms with E-state index in [1.54, 1.807) is 19.1 Å². The molecule has 0 aliphatic carbocycles. The fraction of sp³-hybridized carbons (Fsp3) is 0.222. The number of hydrogen-bond acceptors (Lipinski definition) is 2. The van der Waals surface area contributed by atoms with Crippen molar-refractivity contribution in [2.24, 2.45) is 0 Å². The molecule has 0 fully saturated rings. The van der Waals surface area contributed by atoms with Crippen LogP contribution >= 0.6 is 0 Å². The molecule has 2 N–H and O–H groups in total. The van der Waals surface area contributed by atoms with Crippen LogP contribution in [0.4, 0.5) is 0 Å². The number of benzene rings is 1. The lowest BCUT2D eigenvalue weighted by Crippen LogP contribution is -2.00. The maximum absolute atomic E-state index is 10.6. The second-order valence-electron chi connectivity index (χ2n) is 2.61. The Kier molecular flexibility index (Phi) is 2.45. The first-order valence-electron chi connectivity index (χ1n) is 3.59. The fourth-order valence-corrected chi connectivity index (χ4v) is 1.06. The van der Waals surface area contributed by atoms with E-state index in [4.69, 9.17) is 10.2 Å². The van der Waals surface area contributed by atoms with Gasteiger partial charge in [-0.2, -0.15) is 0 Å². The Balaban J connectivity index is 3.12. The summed E-state index contributed by atoms with van der Waals surface area (Å²) in [5, 5.41) is 17.4. The lowest BCUT2D eigenvalue weighted by Gasteiger charge is -2.01. The Morgan fingerprint density at radius 3 is 2.58 bits per heavy atom. The summed E-state index contributed by atoms with van der Waals surface area (Å²) in [6.07, 6.45) is 0. The second kappa shape index (κ2) is 3.36. The summed E-state index contributed by atoms with van der Waals surface area (Å²) in [4.78, 5) is 10.6. The van der Waals surface area contributed by atoms with Crippen molar-refractivity contribution < 1.29 is 15.0 Å². The summed E-state index contributed by atoms with van der Waals surface area (Å²) in [5.41, 5.74) is 1.69. The normalized spacial score (nSPS) is 9.83. The van der Waals surface area contributed by atoms with Crippen LogP contribution in [0.25, 0.3) is 0 Å². The van der Waals surface area contributed by atoms with Crippen LogP contribution < -0.4 is 0 Å². The van der Waals surface area contributed by atoms with Crippen LogP contribution in [0.3, 0.4) is 0 Å². The van der Waals surface area contributed by atoms with E-state index in [0.717, 1.165) is 5.56 Å². The minimum atomic E-state index is -0.933. The molecule has 1 rings (SSSR count). The monoisotopic (exact) mass is 166 g/mol. The lowest BCUT2D eigenvalue weighted by atomic mass is 10.1. The maximum atomic E-state index is 10.6. The van der Waals surface area contributed by atoms with Crippen LogP contribution in [0.15, 0.2) is 18.2 Å². The number of carboxylic acids is 1. The molecule has 64 valence electrons. The molecule has 0 radical (unpaired) electrons. The first-order chi connectivity index (χ1) is 5.65. The van der Waals surface area contributed by atoms with Crippen molar-refractivity contribution >= 4 is 5.97 Å². The van der Waals surface area contributed by atoms with Crippen molar-refractivity contribution in [3.63, 3.8) is 0 Å². The molecular formula is C9H10O3. The van der Waals surface area contributed by atoms with Gasteiger partial charge in [-0.25, -0.2) is 4.79 Å². The number of carbonyl (C=O) groups is 1. The molecule has 12 heavy (non-hydrogen) atoms. The van der Waals surface area contributed by atoms with Crippen LogP contribution in [0, 0.1) is 6.92 Å². The van der Waals surface area contributed by atoms with Gasteiger partial charge in [0.15, 0.2) is 0 Å². The van der Waals surface area contributed by atoms with Crippen LogP contribution in [-0.2, 0) is 6.61 Å². The van der Waals surface area contributed by atoms with Gasteiger partial charge in [-0.15, -0.1) is 0 Å². The van der Waals surface area contributed by atoms with E-state index in [0.29, 0.717) is 5.56 Å². The summed E-state index contributed by atoms with van der Waals surface area (Å²) in [6.45, 7) is 1.66. The smallest absolute Gasteiger partial charge is 0.335 e. The summed E-state index contributed by atoms with van der Waals surface area (Å²) in [5.74, 6) is -0.933. The molecule has 0 heterocycles. The Bertz CT molecular complexity index is 305. The van der Waals surface area contributed by atoms with Crippen molar-refractivity contribution in [2.45, 2.75) is 13.5 Å². The molecule has 0 spiro atoms. The van der Waals surface area contributed by atoms with Gasteiger partial charge in [-0.1, -0.05) is 12.1 Å². The fourth-order valence-electron chi connectivity index (χ4n) is 1.06. The number of aryl methyl sites for hydroxylation is 1. The van der Waals surface area contributed by atoms with Gasteiger partial charge >= 0.3 is 5.97 Å². The van der Waals surface area contributed by atoms with Gasteiger partial charge in [-0.3, -0.25) is 0 Å². The third-order valence-corrected chi connectivity index (χ3v) is 1.70. The zero-order valence-corrected chi connectivity index (χ0v) is 6.74. The Morgan fingerprint density at radius 2 is 2.17 bits per heavy atom.